The summed E-state index contributed by atoms with van der Waals surface area (Å²) in [6, 6.07) is 1.56. The highest BCUT2D eigenvalue weighted by molar-refractivity contribution is 14.1. The average Bonchev–Trinajstić information content (AvgIpc) is 2.47. The molecule has 1 rings (SSSR count). The van der Waals surface area contributed by atoms with Crippen LogP contribution in [0.2, 0.25) is 0 Å². The van der Waals surface area contributed by atoms with Gasteiger partial charge in [0.1, 0.15) is 6.67 Å². The lowest BCUT2D eigenvalue weighted by Crippen LogP contribution is -2.07. The average molecular weight is 298 g/mol. The van der Waals surface area contributed by atoms with Crippen LogP contribution in [0.1, 0.15) is 10.5 Å². The van der Waals surface area contributed by atoms with Gasteiger partial charge in [-0.2, -0.15) is 5.10 Å². The van der Waals surface area contributed by atoms with E-state index >= 15 is 0 Å². The molecule has 0 spiro atoms. The van der Waals surface area contributed by atoms with Crippen molar-refractivity contribution in [2.24, 2.45) is 0 Å². The molecule has 0 aliphatic carbocycles. The first-order valence-corrected chi connectivity index (χ1v) is 4.64. The number of ether oxygens (including phenoxy) is 1. The molecular formula is C7H8FIN2O2. The zero-order chi connectivity index (χ0) is 9.84. The van der Waals surface area contributed by atoms with E-state index in [1.54, 1.807) is 6.07 Å². The van der Waals surface area contributed by atoms with Crippen LogP contribution in [-0.2, 0) is 11.3 Å². The van der Waals surface area contributed by atoms with Gasteiger partial charge in [0.2, 0.25) is 0 Å². The van der Waals surface area contributed by atoms with E-state index < -0.39 is 12.6 Å². The number of hydrogen-bond donors (Lipinski definition) is 0. The predicted molar refractivity (Wildman–Crippen MR) is 52.3 cm³/mol. The number of aryl methyl sites for hydroxylation is 1. The fraction of sp³-hybridized carbons (Fsp3) is 0.429. The molecule has 0 saturated heterocycles. The fourth-order valence-electron chi connectivity index (χ4n) is 0.835. The molecule has 4 nitrogen and oxygen atoms in total. The largest absolute Gasteiger partial charge is 0.464 e. The maximum absolute atomic E-state index is 12.0. The summed E-state index contributed by atoms with van der Waals surface area (Å²) >= 11 is 1.98. The molecule has 1 aromatic rings. The molecular weight excluding hydrogens is 290 g/mol. The van der Waals surface area contributed by atoms with E-state index in [0.29, 0.717) is 0 Å². The SMILES string of the molecule is COC(=O)c1cc(I)n(CCF)n1. The van der Waals surface area contributed by atoms with E-state index in [9.17, 15) is 9.18 Å². The molecule has 0 saturated carbocycles. The highest BCUT2D eigenvalue weighted by Crippen LogP contribution is 2.08. The third kappa shape index (κ3) is 2.39. The number of aromatic nitrogens is 2. The molecule has 1 aromatic heterocycles. The van der Waals surface area contributed by atoms with Gasteiger partial charge in [0.25, 0.3) is 0 Å². The second-order valence-electron chi connectivity index (χ2n) is 2.26. The van der Waals surface area contributed by atoms with Crippen LogP contribution in [0.3, 0.4) is 0 Å². The maximum atomic E-state index is 12.0. The summed E-state index contributed by atoms with van der Waals surface area (Å²) in [5, 5.41) is 3.86. The van der Waals surface area contributed by atoms with Crippen LogP contribution >= 0.6 is 22.6 Å². The quantitative estimate of drug-likeness (QED) is 0.623. The van der Waals surface area contributed by atoms with Crippen LogP contribution in [0, 0.1) is 3.70 Å². The molecule has 0 bridgehead atoms. The van der Waals surface area contributed by atoms with Crippen molar-refractivity contribution in [2.45, 2.75) is 6.54 Å². The van der Waals surface area contributed by atoms with Crippen molar-refractivity contribution in [2.75, 3.05) is 13.8 Å². The molecule has 0 unspecified atom stereocenters. The first kappa shape index (κ1) is 10.4. The number of carbonyl (C=O) groups is 1. The first-order chi connectivity index (χ1) is 6.19. The molecule has 0 aromatic carbocycles. The summed E-state index contributed by atoms with van der Waals surface area (Å²) in [5.74, 6) is -0.504. The Kier molecular flexibility index (Phi) is 3.64. The van der Waals surface area contributed by atoms with Gasteiger partial charge in [-0.1, -0.05) is 0 Å². The van der Waals surface area contributed by atoms with E-state index in [1.165, 1.54) is 11.8 Å². The Hall–Kier alpha value is -0.660. The third-order valence-electron chi connectivity index (χ3n) is 1.42. The molecule has 0 N–H and O–H groups in total. The van der Waals surface area contributed by atoms with Crippen molar-refractivity contribution in [1.82, 2.24) is 9.78 Å². The molecule has 72 valence electrons. The van der Waals surface area contributed by atoms with Crippen molar-refractivity contribution in [1.29, 1.82) is 0 Å². The van der Waals surface area contributed by atoms with Crippen molar-refractivity contribution in [3.63, 3.8) is 0 Å². The highest BCUT2D eigenvalue weighted by atomic mass is 127. The van der Waals surface area contributed by atoms with Crippen LogP contribution in [0.15, 0.2) is 6.07 Å². The number of halogens is 2. The van der Waals surface area contributed by atoms with E-state index in [-0.39, 0.29) is 12.2 Å². The van der Waals surface area contributed by atoms with Crippen molar-refractivity contribution in [3.05, 3.63) is 15.5 Å². The van der Waals surface area contributed by atoms with E-state index in [2.05, 4.69) is 9.84 Å². The van der Waals surface area contributed by atoms with Gasteiger partial charge in [0, 0.05) is 6.07 Å². The zero-order valence-electron chi connectivity index (χ0n) is 6.96. The molecule has 0 aliphatic heterocycles. The lowest BCUT2D eigenvalue weighted by Gasteiger charge is -1.96. The number of methoxy groups -OCH3 is 1. The van der Waals surface area contributed by atoms with Gasteiger partial charge >= 0.3 is 5.97 Å². The second-order valence-corrected chi connectivity index (χ2v) is 3.36. The second kappa shape index (κ2) is 4.54. The molecule has 0 amide bonds. The summed E-state index contributed by atoms with van der Waals surface area (Å²) in [4.78, 5) is 11.0. The smallest absolute Gasteiger partial charge is 0.358 e. The Labute approximate surface area is 88.2 Å². The van der Waals surface area contributed by atoms with Crippen LogP contribution in [-0.4, -0.2) is 29.5 Å². The standard InChI is InChI=1S/C7H8FIN2O2/c1-13-7(12)5-4-6(9)11(10-5)3-2-8/h4H,2-3H2,1H3. The van der Waals surface area contributed by atoms with Gasteiger partial charge in [-0.3, -0.25) is 4.68 Å². The lowest BCUT2D eigenvalue weighted by molar-refractivity contribution is 0.0593. The topological polar surface area (TPSA) is 44.1 Å². The summed E-state index contributed by atoms with van der Waals surface area (Å²) in [6.07, 6.45) is 0. The zero-order valence-corrected chi connectivity index (χ0v) is 9.12. The number of alkyl halides is 1. The molecule has 0 aliphatic rings. The number of carbonyl (C=O) groups excluding carboxylic acids is 1. The van der Waals surface area contributed by atoms with Gasteiger partial charge in [-0.05, 0) is 22.6 Å². The normalized spacial score (nSPS) is 10.1. The maximum Gasteiger partial charge on any atom is 0.358 e. The van der Waals surface area contributed by atoms with Gasteiger partial charge in [0.05, 0.1) is 17.4 Å². The van der Waals surface area contributed by atoms with Crippen molar-refractivity contribution >= 4 is 28.6 Å². The Bertz CT molecular complexity index is 313. The van der Waals surface area contributed by atoms with E-state index in [0.717, 1.165) is 3.70 Å². The Morgan fingerprint density at radius 3 is 3.08 bits per heavy atom. The number of esters is 1. The third-order valence-corrected chi connectivity index (χ3v) is 2.29. The summed E-state index contributed by atoms with van der Waals surface area (Å²) in [5.41, 5.74) is 0.209. The van der Waals surface area contributed by atoms with Crippen LogP contribution in [0.25, 0.3) is 0 Å². The minimum atomic E-state index is -0.504. The number of rotatable bonds is 3. The Balaban J connectivity index is 2.88. The van der Waals surface area contributed by atoms with Gasteiger partial charge < -0.3 is 4.74 Å². The van der Waals surface area contributed by atoms with E-state index in [1.807, 2.05) is 22.6 Å². The minimum absolute atomic E-state index is 0.162. The van der Waals surface area contributed by atoms with Crippen molar-refractivity contribution < 1.29 is 13.9 Å². The summed E-state index contributed by atoms with van der Waals surface area (Å²) in [6.45, 7) is -0.340. The molecule has 0 atom stereocenters. The minimum Gasteiger partial charge on any atom is -0.464 e. The van der Waals surface area contributed by atoms with E-state index in [4.69, 9.17) is 0 Å². The predicted octanol–water partition coefficient (Wildman–Crippen LogP) is 1.24. The molecule has 13 heavy (non-hydrogen) atoms. The first-order valence-electron chi connectivity index (χ1n) is 3.56. The van der Waals surface area contributed by atoms with Gasteiger partial charge in [-0.15, -0.1) is 0 Å². The fourth-order valence-corrected chi connectivity index (χ4v) is 1.48. The molecule has 6 heteroatoms. The molecule has 0 fully saturated rings. The van der Waals surface area contributed by atoms with Crippen LogP contribution in [0.5, 0.6) is 0 Å². The van der Waals surface area contributed by atoms with Crippen LogP contribution < -0.4 is 0 Å². The summed E-state index contributed by atoms with van der Waals surface area (Å²) < 4.78 is 18.6. The van der Waals surface area contributed by atoms with Crippen LogP contribution in [0.4, 0.5) is 4.39 Å². The molecule has 1 heterocycles. The molecule has 0 radical (unpaired) electrons. The Morgan fingerprint density at radius 1 is 1.85 bits per heavy atom. The number of hydrogen-bond acceptors (Lipinski definition) is 3. The van der Waals surface area contributed by atoms with Crippen molar-refractivity contribution in [3.8, 4) is 0 Å². The summed E-state index contributed by atoms with van der Waals surface area (Å²) in [7, 11) is 1.28. The highest BCUT2D eigenvalue weighted by Gasteiger charge is 2.12. The number of nitrogens with zero attached hydrogens (tertiary/aromatic N) is 2. The van der Waals surface area contributed by atoms with Gasteiger partial charge in [-0.25, -0.2) is 9.18 Å². The lowest BCUT2D eigenvalue weighted by atomic mass is 10.4. The van der Waals surface area contributed by atoms with Gasteiger partial charge in [0.15, 0.2) is 5.69 Å². The monoisotopic (exact) mass is 298 g/mol. The Morgan fingerprint density at radius 2 is 2.54 bits per heavy atom.